The predicted octanol–water partition coefficient (Wildman–Crippen LogP) is 4.99. The molecule has 0 aliphatic carbocycles. The summed E-state index contributed by atoms with van der Waals surface area (Å²) in [5.74, 6) is 0.336. The van der Waals surface area contributed by atoms with Gasteiger partial charge in [0.05, 0.1) is 16.0 Å². The molecule has 1 aliphatic heterocycles. The minimum Gasteiger partial charge on any atom is -0.342 e. The fourth-order valence-corrected chi connectivity index (χ4v) is 5.34. The number of benzene rings is 1. The molecule has 1 saturated heterocycles. The summed E-state index contributed by atoms with van der Waals surface area (Å²) in [5.41, 5.74) is 1.81. The van der Waals surface area contributed by atoms with Crippen LogP contribution in [0, 0.1) is 5.82 Å². The van der Waals surface area contributed by atoms with Crippen LogP contribution >= 0.6 is 23.1 Å². The van der Waals surface area contributed by atoms with Crippen LogP contribution in [0.1, 0.15) is 25.7 Å². The number of thiophene rings is 1. The highest BCUT2D eigenvalue weighted by Gasteiger charge is 2.17. The Hall–Kier alpha value is -1.99. The first-order valence-electron chi connectivity index (χ1n) is 9.12. The number of fused-ring (bicyclic) bond motifs is 1. The van der Waals surface area contributed by atoms with Gasteiger partial charge in [0.15, 0.2) is 0 Å². The van der Waals surface area contributed by atoms with Crippen LogP contribution in [0.2, 0.25) is 0 Å². The van der Waals surface area contributed by atoms with E-state index in [1.165, 1.54) is 36.7 Å². The third kappa shape index (κ3) is 4.30. The fraction of sp³-hybridized carbons (Fsp3) is 0.350. The van der Waals surface area contributed by atoms with Gasteiger partial charge in [-0.2, -0.15) is 0 Å². The van der Waals surface area contributed by atoms with Crippen LogP contribution in [0.25, 0.3) is 20.7 Å². The van der Waals surface area contributed by atoms with Crippen LogP contribution in [-0.4, -0.2) is 39.6 Å². The van der Waals surface area contributed by atoms with Crippen LogP contribution in [0.5, 0.6) is 0 Å². The molecule has 0 bridgehead atoms. The Bertz CT molecular complexity index is 934. The molecule has 27 heavy (non-hydrogen) atoms. The summed E-state index contributed by atoms with van der Waals surface area (Å²) in [6.07, 6.45) is 6.16. The molecule has 140 valence electrons. The van der Waals surface area contributed by atoms with Crippen molar-refractivity contribution in [1.29, 1.82) is 0 Å². The van der Waals surface area contributed by atoms with Crippen molar-refractivity contribution in [2.45, 2.75) is 30.7 Å². The Morgan fingerprint density at radius 3 is 2.59 bits per heavy atom. The van der Waals surface area contributed by atoms with Gasteiger partial charge in [-0.15, -0.1) is 11.3 Å². The Morgan fingerprint density at radius 2 is 1.85 bits per heavy atom. The molecule has 1 aromatic carbocycles. The lowest BCUT2D eigenvalue weighted by atomic mass is 10.2. The van der Waals surface area contributed by atoms with Crippen molar-refractivity contribution in [1.82, 2.24) is 14.9 Å². The minimum absolute atomic E-state index is 0.184. The molecule has 0 atom stereocenters. The Labute approximate surface area is 165 Å². The number of carbonyl (C=O) groups is 1. The minimum atomic E-state index is -0.247. The maximum Gasteiger partial charge on any atom is 0.232 e. The molecule has 1 aliphatic rings. The number of rotatable bonds is 4. The molecule has 0 unspecified atom stereocenters. The van der Waals surface area contributed by atoms with E-state index in [9.17, 15) is 9.18 Å². The Kier molecular flexibility index (Phi) is 5.69. The zero-order valence-electron chi connectivity index (χ0n) is 14.9. The standard InChI is InChI=1S/C20H20FN3OS2/c21-15-7-5-14(6-8-15)17-11-16-19(27-17)20(23-13-22-16)26-12-18(25)24-9-3-1-2-4-10-24/h5-8,11,13H,1-4,9-10,12H2. The fourth-order valence-electron chi connectivity index (χ4n) is 3.23. The van der Waals surface area contributed by atoms with Gasteiger partial charge in [-0.05, 0) is 36.6 Å². The second-order valence-corrected chi connectivity index (χ2v) is 8.61. The zero-order valence-corrected chi connectivity index (χ0v) is 16.5. The first-order valence-corrected chi connectivity index (χ1v) is 10.9. The van der Waals surface area contributed by atoms with Crippen molar-refractivity contribution in [3.8, 4) is 10.4 Å². The average Bonchev–Trinajstić information content (AvgIpc) is 2.93. The van der Waals surface area contributed by atoms with Crippen molar-refractivity contribution >= 4 is 39.2 Å². The van der Waals surface area contributed by atoms with E-state index in [1.54, 1.807) is 29.8 Å². The highest BCUT2D eigenvalue weighted by atomic mass is 32.2. The molecule has 3 aromatic rings. The number of nitrogens with zero attached hydrogens (tertiary/aromatic N) is 3. The summed E-state index contributed by atoms with van der Waals surface area (Å²) >= 11 is 3.06. The first-order chi connectivity index (χ1) is 13.2. The summed E-state index contributed by atoms with van der Waals surface area (Å²) in [7, 11) is 0. The smallest absolute Gasteiger partial charge is 0.232 e. The SMILES string of the molecule is O=C(CSc1ncnc2cc(-c3ccc(F)cc3)sc12)N1CCCCCC1. The number of hydrogen-bond donors (Lipinski definition) is 0. The van der Waals surface area contributed by atoms with Gasteiger partial charge in [-0.25, -0.2) is 14.4 Å². The van der Waals surface area contributed by atoms with Crippen LogP contribution < -0.4 is 0 Å². The summed E-state index contributed by atoms with van der Waals surface area (Å²) < 4.78 is 14.1. The molecule has 0 radical (unpaired) electrons. The van der Waals surface area contributed by atoms with Crippen molar-refractivity contribution in [2.75, 3.05) is 18.8 Å². The lowest BCUT2D eigenvalue weighted by Crippen LogP contribution is -2.33. The summed E-state index contributed by atoms with van der Waals surface area (Å²) in [6, 6.07) is 8.45. The molecular formula is C20H20FN3OS2. The van der Waals surface area contributed by atoms with Crippen molar-refractivity contribution in [3.05, 3.63) is 42.5 Å². The van der Waals surface area contributed by atoms with Gasteiger partial charge in [-0.3, -0.25) is 4.79 Å². The van der Waals surface area contributed by atoms with Gasteiger partial charge in [0.1, 0.15) is 17.2 Å². The van der Waals surface area contributed by atoms with E-state index < -0.39 is 0 Å². The number of likely N-dealkylation sites (tertiary alicyclic amines) is 1. The lowest BCUT2D eigenvalue weighted by Gasteiger charge is -2.19. The van der Waals surface area contributed by atoms with E-state index in [-0.39, 0.29) is 11.7 Å². The second kappa shape index (κ2) is 8.35. The molecule has 3 heterocycles. The van der Waals surface area contributed by atoms with Crippen LogP contribution in [-0.2, 0) is 4.79 Å². The van der Waals surface area contributed by atoms with Gasteiger partial charge >= 0.3 is 0 Å². The van der Waals surface area contributed by atoms with Gasteiger partial charge in [0, 0.05) is 18.0 Å². The van der Waals surface area contributed by atoms with Crippen molar-refractivity contribution in [2.24, 2.45) is 0 Å². The predicted molar refractivity (Wildman–Crippen MR) is 109 cm³/mol. The Morgan fingerprint density at radius 1 is 1.11 bits per heavy atom. The van der Waals surface area contributed by atoms with E-state index >= 15 is 0 Å². The van der Waals surface area contributed by atoms with Gasteiger partial charge in [0.2, 0.25) is 5.91 Å². The second-order valence-electron chi connectivity index (χ2n) is 6.59. The average molecular weight is 402 g/mol. The molecule has 4 rings (SSSR count). The van der Waals surface area contributed by atoms with E-state index in [4.69, 9.17) is 0 Å². The number of thioether (sulfide) groups is 1. The van der Waals surface area contributed by atoms with Crippen LogP contribution in [0.4, 0.5) is 4.39 Å². The normalized spacial score (nSPS) is 15.1. The lowest BCUT2D eigenvalue weighted by molar-refractivity contribution is -0.128. The molecule has 7 heteroatoms. The quantitative estimate of drug-likeness (QED) is 0.456. The molecule has 1 amide bonds. The highest BCUT2D eigenvalue weighted by molar-refractivity contribution is 8.00. The molecule has 0 spiro atoms. The van der Waals surface area contributed by atoms with E-state index in [2.05, 4.69) is 9.97 Å². The largest absolute Gasteiger partial charge is 0.342 e. The zero-order chi connectivity index (χ0) is 18.6. The summed E-state index contributed by atoms with van der Waals surface area (Å²) in [5, 5.41) is 0.835. The number of amides is 1. The van der Waals surface area contributed by atoms with Crippen molar-refractivity contribution < 1.29 is 9.18 Å². The number of aromatic nitrogens is 2. The molecule has 4 nitrogen and oxygen atoms in total. The molecule has 0 saturated carbocycles. The van der Waals surface area contributed by atoms with E-state index in [1.807, 2.05) is 11.0 Å². The third-order valence-electron chi connectivity index (χ3n) is 4.70. The van der Waals surface area contributed by atoms with E-state index in [0.29, 0.717) is 5.75 Å². The maximum absolute atomic E-state index is 13.2. The molecule has 0 N–H and O–H groups in total. The van der Waals surface area contributed by atoms with Gasteiger partial charge in [0.25, 0.3) is 0 Å². The number of hydrogen-bond acceptors (Lipinski definition) is 5. The molecule has 2 aromatic heterocycles. The molecular weight excluding hydrogens is 381 g/mol. The Balaban J connectivity index is 1.51. The summed E-state index contributed by atoms with van der Waals surface area (Å²) in [4.78, 5) is 24.3. The van der Waals surface area contributed by atoms with Gasteiger partial charge in [-0.1, -0.05) is 36.7 Å². The monoisotopic (exact) mass is 401 g/mol. The first kappa shape index (κ1) is 18.4. The number of halogens is 1. The highest BCUT2D eigenvalue weighted by Crippen LogP contribution is 2.37. The number of carbonyl (C=O) groups excluding carboxylic acids is 1. The van der Waals surface area contributed by atoms with Crippen molar-refractivity contribution in [3.63, 3.8) is 0 Å². The topological polar surface area (TPSA) is 46.1 Å². The van der Waals surface area contributed by atoms with Gasteiger partial charge < -0.3 is 4.90 Å². The van der Waals surface area contributed by atoms with Crippen LogP contribution in [0.3, 0.4) is 0 Å². The third-order valence-corrected chi connectivity index (χ3v) is 6.98. The van der Waals surface area contributed by atoms with Crippen LogP contribution in [0.15, 0.2) is 41.7 Å². The molecule has 1 fully saturated rings. The summed E-state index contributed by atoms with van der Waals surface area (Å²) in [6.45, 7) is 1.73. The van der Waals surface area contributed by atoms with E-state index in [0.717, 1.165) is 51.6 Å². The maximum atomic E-state index is 13.2.